The van der Waals surface area contributed by atoms with Crippen LogP contribution in [0.15, 0.2) is 30.3 Å². The third kappa shape index (κ3) is 3.25. The van der Waals surface area contributed by atoms with E-state index in [9.17, 15) is 19.5 Å². The highest BCUT2D eigenvalue weighted by atomic mass is 16.4. The minimum absolute atomic E-state index is 0.0186. The number of aliphatic carboxylic acids is 1. The minimum atomic E-state index is -0.880. The van der Waals surface area contributed by atoms with Crippen molar-refractivity contribution in [1.29, 1.82) is 0 Å². The third-order valence-corrected chi connectivity index (χ3v) is 5.56. The standard InChI is InChI=1S/C19H24N2O4/c1-13(14-6-4-3-5-7-14)21-11-15(10-16(21)22)17(23)20-9-8-19(2,12-20)18(24)25/h3-7,13,15H,8-12H2,1-2H3,(H,24,25)/t13-,15-,19+/m1/s1. The Morgan fingerprint density at radius 3 is 2.56 bits per heavy atom. The fourth-order valence-electron chi connectivity index (χ4n) is 3.76. The first kappa shape index (κ1) is 17.5. The molecule has 0 aromatic heterocycles. The van der Waals surface area contributed by atoms with E-state index >= 15 is 0 Å². The molecule has 3 atom stereocenters. The van der Waals surface area contributed by atoms with E-state index in [-0.39, 0.29) is 36.7 Å². The van der Waals surface area contributed by atoms with Crippen molar-refractivity contribution in [3.8, 4) is 0 Å². The zero-order chi connectivity index (χ0) is 18.2. The summed E-state index contributed by atoms with van der Waals surface area (Å²) in [6, 6.07) is 9.69. The predicted octanol–water partition coefficient (Wildman–Crippen LogP) is 1.92. The average molecular weight is 344 g/mol. The molecular formula is C19H24N2O4. The van der Waals surface area contributed by atoms with Gasteiger partial charge in [0.15, 0.2) is 0 Å². The van der Waals surface area contributed by atoms with Gasteiger partial charge in [0, 0.05) is 26.1 Å². The van der Waals surface area contributed by atoms with E-state index in [0.29, 0.717) is 19.5 Å². The molecule has 1 N–H and O–H groups in total. The van der Waals surface area contributed by atoms with E-state index in [4.69, 9.17) is 0 Å². The van der Waals surface area contributed by atoms with Gasteiger partial charge in [-0.15, -0.1) is 0 Å². The molecule has 2 amide bonds. The molecule has 0 saturated carbocycles. The van der Waals surface area contributed by atoms with Gasteiger partial charge in [-0.2, -0.15) is 0 Å². The lowest BCUT2D eigenvalue weighted by Gasteiger charge is -2.26. The first-order chi connectivity index (χ1) is 11.8. The quantitative estimate of drug-likeness (QED) is 0.905. The number of carbonyl (C=O) groups is 3. The molecular weight excluding hydrogens is 320 g/mol. The van der Waals surface area contributed by atoms with E-state index in [1.54, 1.807) is 16.7 Å². The molecule has 6 heteroatoms. The van der Waals surface area contributed by atoms with Crippen LogP contribution in [-0.2, 0) is 14.4 Å². The number of carbonyl (C=O) groups excluding carboxylic acids is 2. The monoisotopic (exact) mass is 344 g/mol. The van der Waals surface area contributed by atoms with Crippen LogP contribution < -0.4 is 0 Å². The molecule has 2 saturated heterocycles. The molecule has 3 rings (SSSR count). The Hall–Kier alpha value is -2.37. The second-order valence-electron chi connectivity index (χ2n) is 7.41. The second kappa shape index (κ2) is 6.50. The summed E-state index contributed by atoms with van der Waals surface area (Å²) in [5, 5.41) is 9.32. The summed E-state index contributed by atoms with van der Waals surface area (Å²) in [6.45, 7) is 4.71. The van der Waals surface area contributed by atoms with Crippen LogP contribution in [0.3, 0.4) is 0 Å². The van der Waals surface area contributed by atoms with Crippen LogP contribution in [0.1, 0.15) is 38.3 Å². The first-order valence-corrected chi connectivity index (χ1v) is 8.68. The number of rotatable bonds is 4. The van der Waals surface area contributed by atoms with Gasteiger partial charge in [-0.25, -0.2) is 0 Å². The number of carboxylic acids is 1. The smallest absolute Gasteiger partial charge is 0.311 e. The number of hydrogen-bond acceptors (Lipinski definition) is 3. The Labute approximate surface area is 147 Å². The van der Waals surface area contributed by atoms with Crippen LogP contribution in [0.25, 0.3) is 0 Å². The third-order valence-electron chi connectivity index (χ3n) is 5.56. The van der Waals surface area contributed by atoms with Crippen LogP contribution in [0.5, 0.6) is 0 Å². The van der Waals surface area contributed by atoms with E-state index < -0.39 is 11.4 Å². The Kier molecular flexibility index (Phi) is 4.54. The molecule has 0 unspecified atom stereocenters. The van der Waals surface area contributed by atoms with Crippen LogP contribution in [0.4, 0.5) is 0 Å². The lowest BCUT2D eigenvalue weighted by molar-refractivity contribution is -0.147. The van der Waals surface area contributed by atoms with Crippen LogP contribution in [0.2, 0.25) is 0 Å². The first-order valence-electron chi connectivity index (χ1n) is 8.68. The molecule has 2 heterocycles. The van der Waals surface area contributed by atoms with E-state index in [2.05, 4.69) is 0 Å². The van der Waals surface area contributed by atoms with Crippen molar-refractivity contribution >= 4 is 17.8 Å². The highest BCUT2D eigenvalue weighted by molar-refractivity contribution is 5.90. The van der Waals surface area contributed by atoms with Crippen LogP contribution in [0, 0.1) is 11.3 Å². The fraction of sp³-hybridized carbons (Fsp3) is 0.526. The molecule has 0 spiro atoms. The van der Waals surface area contributed by atoms with Gasteiger partial charge >= 0.3 is 5.97 Å². The minimum Gasteiger partial charge on any atom is -0.481 e. The average Bonchev–Trinajstić information content (AvgIpc) is 3.19. The predicted molar refractivity (Wildman–Crippen MR) is 91.6 cm³/mol. The zero-order valence-corrected chi connectivity index (χ0v) is 14.6. The highest BCUT2D eigenvalue weighted by Gasteiger charge is 2.45. The Balaban J connectivity index is 1.66. The van der Waals surface area contributed by atoms with Gasteiger partial charge in [-0.3, -0.25) is 14.4 Å². The van der Waals surface area contributed by atoms with E-state index in [0.717, 1.165) is 5.56 Å². The zero-order valence-electron chi connectivity index (χ0n) is 14.6. The van der Waals surface area contributed by atoms with Crippen molar-refractivity contribution in [2.45, 2.75) is 32.7 Å². The largest absolute Gasteiger partial charge is 0.481 e. The summed E-state index contributed by atoms with van der Waals surface area (Å²) in [4.78, 5) is 39.9. The Morgan fingerprint density at radius 2 is 1.96 bits per heavy atom. The maximum Gasteiger partial charge on any atom is 0.311 e. The molecule has 6 nitrogen and oxygen atoms in total. The molecule has 2 aliphatic rings. The maximum absolute atomic E-state index is 12.8. The number of nitrogens with zero attached hydrogens (tertiary/aromatic N) is 2. The molecule has 0 radical (unpaired) electrons. The number of amides is 2. The van der Waals surface area contributed by atoms with Gasteiger partial charge in [0.25, 0.3) is 0 Å². The van der Waals surface area contributed by atoms with Crippen molar-refractivity contribution in [2.24, 2.45) is 11.3 Å². The SMILES string of the molecule is C[C@H](c1ccccc1)N1C[C@H](C(=O)N2CC[C@](C)(C(=O)O)C2)CC1=O. The Morgan fingerprint density at radius 1 is 1.28 bits per heavy atom. The summed E-state index contributed by atoms with van der Waals surface area (Å²) in [7, 11) is 0. The van der Waals surface area contributed by atoms with Crippen molar-refractivity contribution in [1.82, 2.24) is 9.80 Å². The normalized spacial score (nSPS) is 27.6. The number of likely N-dealkylation sites (tertiary alicyclic amines) is 2. The number of hydrogen-bond donors (Lipinski definition) is 1. The summed E-state index contributed by atoms with van der Waals surface area (Å²) < 4.78 is 0. The molecule has 2 aliphatic heterocycles. The van der Waals surface area contributed by atoms with Gasteiger partial charge in [0.2, 0.25) is 11.8 Å². The van der Waals surface area contributed by atoms with Crippen molar-refractivity contribution in [3.05, 3.63) is 35.9 Å². The van der Waals surface area contributed by atoms with E-state index in [1.807, 2.05) is 37.3 Å². The Bertz CT molecular complexity index is 690. The topological polar surface area (TPSA) is 77.9 Å². The molecule has 1 aromatic rings. The van der Waals surface area contributed by atoms with Gasteiger partial charge in [-0.1, -0.05) is 30.3 Å². The van der Waals surface area contributed by atoms with Gasteiger partial charge in [0.05, 0.1) is 17.4 Å². The highest BCUT2D eigenvalue weighted by Crippen LogP contribution is 2.34. The molecule has 2 fully saturated rings. The maximum atomic E-state index is 12.8. The summed E-state index contributed by atoms with van der Waals surface area (Å²) in [5.74, 6) is -1.37. The van der Waals surface area contributed by atoms with Crippen molar-refractivity contribution in [3.63, 3.8) is 0 Å². The lowest BCUT2D eigenvalue weighted by Crippen LogP contribution is -2.39. The number of carboxylic acid groups (broad SMARTS) is 1. The molecule has 134 valence electrons. The number of benzene rings is 1. The summed E-state index contributed by atoms with van der Waals surface area (Å²) in [6.07, 6.45) is 0.662. The molecule has 1 aromatic carbocycles. The van der Waals surface area contributed by atoms with Gasteiger partial charge in [-0.05, 0) is 25.8 Å². The van der Waals surface area contributed by atoms with E-state index in [1.165, 1.54) is 0 Å². The van der Waals surface area contributed by atoms with Gasteiger partial charge in [0.1, 0.15) is 0 Å². The lowest BCUT2D eigenvalue weighted by atomic mass is 9.90. The van der Waals surface area contributed by atoms with Gasteiger partial charge < -0.3 is 14.9 Å². The molecule has 25 heavy (non-hydrogen) atoms. The van der Waals surface area contributed by atoms with Crippen LogP contribution in [-0.4, -0.2) is 52.3 Å². The van der Waals surface area contributed by atoms with Crippen molar-refractivity contribution in [2.75, 3.05) is 19.6 Å². The molecule has 0 bridgehead atoms. The fourth-order valence-corrected chi connectivity index (χ4v) is 3.76. The second-order valence-corrected chi connectivity index (χ2v) is 7.41. The molecule has 0 aliphatic carbocycles. The summed E-state index contributed by atoms with van der Waals surface area (Å²) >= 11 is 0. The summed E-state index contributed by atoms with van der Waals surface area (Å²) in [5.41, 5.74) is 0.165. The van der Waals surface area contributed by atoms with Crippen LogP contribution >= 0.6 is 0 Å². The van der Waals surface area contributed by atoms with Crippen molar-refractivity contribution < 1.29 is 19.5 Å².